The molecule has 0 aliphatic carbocycles. The molecule has 102 valence electrons. The monoisotopic (exact) mass is 253 g/mol. The molecule has 0 fully saturated rings. The van der Waals surface area contributed by atoms with E-state index in [0.717, 1.165) is 11.3 Å². The van der Waals surface area contributed by atoms with E-state index in [0.29, 0.717) is 19.5 Å². The van der Waals surface area contributed by atoms with Crippen LogP contribution in [-0.2, 0) is 6.54 Å². The molecule has 0 saturated heterocycles. The molecule has 1 aromatic carbocycles. The first-order chi connectivity index (χ1) is 8.53. The average molecular weight is 253 g/mol. The molecule has 1 atom stereocenters. The van der Waals surface area contributed by atoms with Gasteiger partial charge in [0, 0.05) is 18.6 Å². The molecular weight excluding hydrogens is 230 g/mol. The summed E-state index contributed by atoms with van der Waals surface area (Å²) in [6.07, 6.45) is 0.525. The zero-order chi connectivity index (χ0) is 13.6. The van der Waals surface area contributed by atoms with E-state index in [9.17, 15) is 5.21 Å². The molecule has 0 aliphatic heterocycles. The molecule has 1 unspecified atom stereocenters. The number of hydrogen-bond acceptors (Lipinski definition) is 3. The maximum atomic E-state index is 12.8. The Morgan fingerprint density at radius 3 is 2.56 bits per heavy atom. The topological polar surface area (TPSA) is 52.5 Å². The lowest BCUT2D eigenvalue weighted by Crippen LogP contribution is -2.48. The van der Waals surface area contributed by atoms with Crippen LogP contribution in [0, 0.1) is 5.21 Å². The van der Waals surface area contributed by atoms with Crippen LogP contribution in [0.5, 0.6) is 5.75 Å². The number of benzene rings is 1. The van der Waals surface area contributed by atoms with Gasteiger partial charge in [0.15, 0.2) is 0 Å². The van der Waals surface area contributed by atoms with Crippen LogP contribution in [0.4, 0.5) is 0 Å². The molecule has 0 bridgehead atoms. The summed E-state index contributed by atoms with van der Waals surface area (Å²) in [7, 11) is 1.61. The SMILES string of the molecule is COc1ccccc1C[N+]([O-])(CCCO)C(C)C. The van der Waals surface area contributed by atoms with Gasteiger partial charge in [0.05, 0.1) is 19.7 Å². The number of hydrogen-bond donors (Lipinski definition) is 1. The second-order valence-corrected chi connectivity index (χ2v) is 4.82. The molecule has 0 amide bonds. The standard InChI is InChI=1S/C14H23NO3/c1-12(2)15(17,9-6-10-16)11-13-7-4-5-8-14(13)18-3/h4-5,7-8,12,16H,6,9-11H2,1-3H3. The van der Waals surface area contributed by atoms with Crippen LogP contribution in [0.15, 0.2) is 24.3 Å². The molecule has 0 aliphatic rings. The van der Waals surface area contributed by atoms with Crippen molar-refractivity contribution in [1.82, 2.24) is 0 Å². The normalized spacial score (nSPS) is 14.6. The van der Waals surface area contributed by atoms with E-state index in [1.807, 2.05) is 38.1 Å². The van der Waals surface area contributed by atoms with Crippen molar-refractivity contribution in [2.75, 3.05) is 20.3 Å². The summed E-state index contributed by atoms with van der Waals surface area (Å²) in [5.74, 6) is 0.750. The number of ether oxygens (including phenoxy) is 1. The third-order valence-corrected chi connectivity index (χ3v) is 3.27. The van der Waals surface area contributed by atoms with Gasteiger partial charge < -0.3 is 19.7 Å². The van der Waals surface area contributed by atoms with Crippen LogP contribution in [0.3, 0.4) is 0 Å². The first-order valence-corrected chi connectivity index (χ1v) is 6.34. The van der Waals surface area contributed by atoms with Crippen LogP contribution in [-0.4, -0.2) is 36.1 Å². The second-order valence-electron chi connectivity index (χ2n) is 4.82. The largest absolute Gasteiger partial charge is 0.632 e. The van der Waals surface area contributed by atoms with Crippen molar-refractivity contribution < 1.29 is 14.5 Å². The van der Waals surface area contributed by atoms with E-state index in [2.05, 4.69) is 0 Å². The molecule has 1 rings (SSSR count). The third kappa shape index (κ3) is 3.70. The lowest BCUT2D eigenvalue weighted by molar-refractivity contribution is -0.914. The predicted octanol–water partition coefficient (Wildman–Crippen LogP) is 2.30. The molecule has 0 saturated carbocycles. The maximum absolute atomic E-state index is 12.8. The molecule has 4 nitrogen and oxygen atoms in total. The number of para-hydroxylation sites is 1. The Morgan fingerprint density at radius 2 is 2.00 bits per heavy atom. The highest BCUT2D eigenvalue weighted by molar-refractivity contribution is 5.32. The number of quaternary nitrogens is 1. The van der Waals surface area contributed by atoms with Gasteiger partial charge in [-0.05, 0) is 26.0 Å². The lowest BCUT2D eigenvalue weighted by Gasteiger charge is -2.46. The first kappa shape index (κ1) is 15.0. The Hall–Kier alpha value is -1.10. The Labute approximate surface area is 109 Å². The molecule has 0 radical (unpaired) electrons. The Kier molecular flexibility index (Phi) is 5.59. The lowest BCUT2D eigenvalue weighted by atomic mass is 10.1. The number of aliphatic hydroxyl groups is 1. The zero-order valence-corrected chi connectivity index (χ0v) is 11.4. The summed E-state index contributed by atoms with van der Waals surface area (Å²) in [5, 5.41) is 21.7. The number of rotatable bonds is 7. The van der Waals surface area contributed by atoms with Crippen molar-refractivity contribution in [3.63, 3.8) is 0 Å². The smallest absolute Gasteiger partial charge is 0.127 e. The van der Waals surface area contributed by atoms with Gasteiger partial charge in [-0.1, -0.05) is 12.1 Å². The first-order valence-electron chi connectivity index (χ1n) is 6.34. The fraction of sp³-hybridized carbons (Fsp3) is 0.571. The summed E-state index contributed by atoms with van der Waals surface area (Å²) >= 11 is 0. The van der Waals surface area contributed by atoms with Gasteiger partial charge in [-0.2, -0.15) is 0 Å². The zero-order valence-electron chi connectivity index (χ0n) is 11.4. The highest BCUT2D eigenvalue weighted by atomic mass is 16.5. The van der Waals surface area contributed by atoms with Crippen molar-refractivity contribution in [3.05, 3.63) is 35.0 Å². The van der Waals surface area contributed by atoms with Gasteiger partial charge in [0.1, 0.15) is 12.3 Å². The fourth-order valence-electron chi connectivity index (χ4n) is 1.98. The average Bonchev–Trinajstić information content (AvgIpc) is 2.37. The number of hydroxylamine groups is 3. The van der Waals surface area contributed by atoms with Crippen molar-refractivity contribution in [1.29, 1.82) is 0 Å². The highest BCUT2D eigenvalue weighted by Crippen LogP contribution is 2.25. The minimum absolute atomic E-state index is 0.0403. The third-order valence-electron chi connectivity index (χ3n) is 3.27. The molecule has 18 heavy (non-hydrogen) atoms. The van der Waals surface area contributed by atoms with Crippen LogP contribution in [0.2, 0.25) is 0 Å². The summed E-state index contributed by atoms with van der Waals surface area (Å²) in [5.41, 5.74) is 0.918. The van der Waals surface area contributed by atoms with Crippen molar-refractivity contribution in [3.8, 4) is 5.75 Å². The van der Waals surface area contributed by atoms with Gasteiger partial charge >= 0.3 is 0 Å². The Balaban J connectivity index is 2.89. The van der Waals surface area contributed by atoms with Crippen molar-refractivity contribution in [2.24, 2.45) is 0 Å². The summed E-state index contributed by atoms with van der Waals surface area (Å²) in [6, 6.07) is 7.55. The summed E-state index contributed by atoms with van der Waals surface area (Å²) in [6.45, 7) is 4.69. The fourth-order valence-corrected chi connectivity index (χ4v) is 1.98. The van der Waals surface area contributed by atoms with E-state index < -0.39 is 0 Å². The minimum Gasteiger partial charge on any atom is -0.632 e. The Bertz CT molecular complexity index is 368. The minimum atomic E-state index is -0.332. The Morgan fingerprint density at radius 1 is 1.33 bits per heavy atom. The molecule has 1 N–H and O–H groups in total. The van der Waals surface area contributed by atoms with Crippen LogP contribution >= 0.6 is 0 Å². The molecule has 4 heteroatoms. The van der Waals surface area contributed by atoms with Gasteiger partial charge in [0.2, 0.25) is 0 Å². The van der Waals surface area contributed by atoms with E-state index in [1.54, 1.807) is 7.11 Å². The van der Waals surface area contributed by atoms with Crippen LogP contribution < -0.4 is 4.74 Å². The summed E-state index contributed by atoms with van der Waals surface area (Å²) in [4.78, 5) is 0. The quantitative estimate of drug-likeness (QED) is 0.599. The van der Waals surface area contributed by atoms with Gasteiger partial charge in [-0.25, -0.2) is 0 Å². The maximum Gasteiger partial charge on any atom is 0.127 e. The number of nitrogens with zero attached hydrogens (tertiary/aromatic N) is 1. The van der Waals surface area contributed by atoms with E-state index in [1.165, 1.54) is 0 Å². The van der Waals surface area contributed by atoms with Crippen molar-refractivity contribution in [2.45, 2.75) is 32.9 Å². The van der Waals surface area contributed by atoms with Crippen LogP contribution in [0.1, 0.15) is 25.8 Å². The second kappa shape index (κ2) is 6.73. The van der Waals surface area contributed by atoms with Gasteiger partial charge in [-0.3, -0.25) is 0 Å². The summed E-state index contributed by atoms with van der Waals surface area (Å²) < 4.78 is 4.94. The van der Waals surface area contributed by atoms with E-state index in [-0.39, 0.29) is 17.3 Å². The molecule has 1 aromatic rings. The highest BCUT2D eigenvalue weighted by Gasteiger charge is 2.23. The predicted molar refractivity (Wildman–Crippen MR) is 72.0 cm³/mol. The van der Waals surface area contributed by atoms with Crippen molar-refractivity contribution >= 4 is 0 Å². The van der Waals surface area contributed by atoms with Gasteiger partial charge in [0.25, 0.3) is 0 Å². The number of aliphatic hydroxyl groups excluding tert-OH is 1. The van der Waals surface area contributed by atoms with Gasteiger partial charge in [-0.15, -0.1) is 0 Å². The molecule has 0 heterocycles. The molecule has 0 aromatic heterocycles. The van der Waals surface area contributed by atoms with E-state index >= 15 is 0 Å². The van der Waals surface area contributed by atoms with Crippen LogP contribution in [0.25, 0.3) is 0 Å². The number of methoxy groups -OCH3 is 1. The van der Waals surface area contributed by atoms with E-state index in [4.69, 9.17) is 9.84 Å². The molecule has 0 spiro atoms. The molecular formula is C14H23NO3.